The first-order chi connectivity index (χ1) is 27.5. The van der Waals surface area contributed by atoms with Crippen molar-refractivity contribution in [3.05, 3.63) is 95.6 Å². The van der Waals surface area contributed by atoms with Crippen LogP contribution in [0.3, 0.4) is 0 Å². The van der Waals surface area contributed by atoms with Gasteiger partial charge in [-0.25, -0.2) is 5.48 Å². The van der Waals surface area contributed by atoms with Gasteiger partial charge in [-0.15, -0.1) is 0 Å². The van der Waals surface area contributed by atoms with Gasteiger partial charge in [-0.05, 0) is 80.3 Å². The molecule has 3 aromatic rings. The summed E-state index contributed by atoms with van der Waals surface area (Å²) in [4.78, 5) is 47.0. The lowest BCUT2D eigenvalue weighted by Crippen LogP contribution is -2.49. The van der Waals surface area contributed by atoms with Crippen LogP contribution in [0.5, 0.6) is 5.75 Å². The van der Waals surface area contributed by atoms with Gasteiger partial charge in [0.15, 0.2) is 5.78 Å². The largest absolute Gasteiger partial charge is 0.494 e. The maximum Gasteiger partial charge on any atom is 0.297 e. The van der Waals surface area contributed by atoms with Gasteiger partial charge in [0.25, 0.3) is 10.1 Å². The Morgan fingerprint density at radius 2 is 1.51 bits per heavy atom. The zero-order chi connectivity index (χ0) is 40.9. The molecule has 0 saturated heterocycles. The zero-order valence-electron chi connectivity index (χ0n) is 33.3. The van der Waals surface area contributed by atoms with E-state index in [0.29, 0.717) is 70.9 Å². The Labute approximate surface area is 337 Å². The van der Waals surface area contributed by atoms with Gasteiger partial charge < -0.3 is 24.3 Å². The Hall–Kier alpha value is -4.18. The molecule has 0 aromatic heterocycles. The summed E-state index contributed by atoms with van der Waals surface area (Å²) < 4.78 is 52.0. The van der Waals surface area contributed by atoms with Gasteiger partial charge in [-0.1, -0.05) is 74.0 Å². The monoisotopic (exact) mass is 810 g/mol. The van der Waals surface area contributed by atoms with E-state index < -0.39 is 28.0 Å². The molecule has 0 radical (unpaired) electrons. The molecule has 2 amide bonds. The third kappa shape index (κ3) is 16.7. The average molecular weight is 811 g/mol. The normalized spacial score (nSPS) is 17.8. The van der Waals surface area contributed by atoms with Crippen LogP contribution in [0.15, 0.2) is 83.8 Å². The average Bonchev–Trinajstić information content (AvgIpc) is 3.19. The van der Waals surface area contributed by atoms with Crippen molar-refractivity contribution in [2.75, 3.05) is 52.9 Å². The number of hydrogen-bond acceptors (Lipinski definition) is 11. The molecule has 5 rings (SSSR count). The lowest BCUT2D eigenvalue weighted by molar-refractivity contribution is -0.145. The molecule has 2 aliphatic rings. The Morgan fingerprint density at radius 1 is 0.860 bits per heavy atom. The molecule has 0 spiro atoms. The van der Waals surface area contributed by atoms with Crippen LogP contribution in [-0.4, -0.2) is 84.9 Å². The van der Waals surface area contributed by atoms with Crippen molar-refractivity contribution < 1.29 is 50.8 Å². The summed E-state index contributed by atoms with van der Waals surface area (Å²) in [7, 11) is -3.83. The Kier molecular flexibility index (Phi) is 19.6. The van der Waals surface area contributed by atoms with Crippen molar-refractivity contribution in [2.24, 2.45) is 17.8 Å². The van der Waals surface area contributed by atoms with Crippen LogP contribution in [0.2, 0.25) is 0 Å². The number of benzene rings is 3. The maximum atomic E-state index is 14.1. The highest BCUT2D eigenvalue weighted by Crippen LogP contribution is 2.27. The van der Waals surface area contributed by atoms with Gasteiger partial charge in [0, 0.05) is 18.9 Å². The predicted molar refractivity (Wildman–Crippen MR) is 214 cm³/mol. The Bertz CT molecular complexity index is 1750. The van der Waals surface area contributed by atoms with Gasteiger partial charge in [-0.3, -0.25) is 23.4 Å². The molecule has 0 aliphatic carbocycles. The van der Waals surface area contributed by atoms with Crippen molar-refractivity contribution in [3.8, 4) is 5.75 Å². The Balaban J connectivity index is 1.21. The Morgan fingerprint density at radius 3 is 2.18 bits per heavy atom. The number of hydroxylamine groups is 1. The van der Waals surface area contributed by atoms with E-state index in [1.54, 1.807) is 12.1 Å². The summed E-state index contributed by atoms with van der Waals surface area (Å²) in [5, 5.41) is 3.04. The minimum Gasteiger partial charge on any atom is -0.494 e. The molecular formula is C43H58N2O11S. The molecule has 0 saturated carbocycles. The molecule has 2 heterocycles. The second-order valence-electron chi connectivity index (χ2n) is 14.5. The fraction of sp³-hybridized carbons (Fsp3) is 0.512. The highest BCUT2D eigenvalue weighted by atomic mass is 32.2. The number of amides is 2. The van der Waals surface area contributed by atoms with Crippen LogP contribution >= 0.6 is 0 Å². The van der Waals surface area contributed by atoms with Crippen LogP contribution in [0.1, 0.15) is 62.6 Å². The van der Waals surface area contributed by atoms with Crippen molar-refractivity contribution >= 4 is 27.7 Å². The van der Waals surface area contributed by atoms with E-state index >= 15 is 0 Å². The molecule has 13 nitrogen and oxygen atoms in total. The molecule has 3 aromatic carbocycles. The molecule has 14 heteroatoms. The number of hydrogen-bond donors (Lipinski definition) is 2. The van der Waals surface area contributed by atoms with E-state index in [4.69, 9.17) is 28.0 Å². The molecule has 312 valence electrons. The number of aryl methyl sites for hydroxylation is 1. The van der Waals surface area contributed by atoms with E-state index in [9.17, 15) is 22.8 Å². The van der Waals surface area contributed by atoms with Crippen LogP contribution in [-0.2, 0) is 60.8 Å². The summed E-state index contributed by atoms with van der Waals surface area (Å²) in [6, 6.07) is 22.6. The van der Waals surface area contributed by atoms with Crippen LogP contribution < -0.4 is 15.5 Å². The van der Waals surface area contributed by atoms with Crippen LogP contribution in [0, 0.1) is 24.7 Å². The first-order valence-corrected chi connectivity index (χ1v) is 21.1. The maximum absolute atomic E-state index is 14.1. The minimum absolute atomic E-state index is 0.0958. The van der Waals surface area contributed by atoms with Crippen molar-refractivity contribution in [1.29, 1.82) is 0 Å². The first kappa shape index (κ1) is 45.5. The zero-order valence-corrected chi connectivity index (χ0v) is 34.1. The molecule has 3 atom stereocenters. The quantitative estimate of drug-likeness (QED) is 0.0746. The van der Waals surface area contributed by atoms with Gasteiger partial charge >= 0.3 is 0 Å². The van der Waals surface area contributed by atoms with Crippen molar-refractivity contribution in [2.45, 2.75) is 76.8 Å². The molecule has 2 N–H and O–H groups in total. The summed E-state index contributed by atoms with van der Waals surface area (Å²) in [6.45, 7) is 7.96. The van der Waals surface area contributed by atoms with E-state index in [2.05, 4.69) is 10.8 Å². The van der Waals surface area contributed by atoms with Gasteiger partial charge in [0.2, 0.25) is 11.8 Å². The van der Waals surface area contributed by atoms with Gasteiger partial charge in [0.05, 0.1) is 69.7 Å². The van der Waals surface area contributed by atoms with Crippen molar-refractivity contribution in [1.82, 2.24) is 10.8 Å². The summed E-state index contributed by atoms with van der Waals surface area (Å²) >= 11 is 0. The van der Waals surface area contributed by atoms with Gasteiger partial charge in [-0.2, -0.15) is 8.42 Å². The number of carbonyl (C=O) groups is 3. The highest BCUT2D eigenvalue weighted by Gasteiger charge is 2.36. The number of ether oxygens (including phenoxy) is 4. The number of nitrogens with one attached hydrogen (secondary N) is 2. The smallest absolute Gasteiger partial charge is 0.297 e. The molecular weight excluding hydrogens is 753 g/mol. The lowest BCUT2D eigenvalue weighted by Gasteiger charge is -2.29. The third-order valence-corrected chi connectivity index (χ3v) is 10.7. The molecule has 2 aliphatic heterocycles. The van der Waals surface area contributed by atoms with E-state index in [0.717, 1.165) is 16.7 Å². The standard InChI is InChI=1S/C43H58N2O11S/c1-32(2)29-39-38(43(48)45-55-31-35-9-5-4-6-10-35)11-7-22-54-36-17-15-34(16-18-36)30-40(44-42(39)47)41(46)12-8-21-51-23-24-52-25-26-53-27-28-56-57(49,50)37-19-13-33(3)14-20-37/h4-6,9-10,13-20,32,38-40H,7-8,11-12,21-31H2,1-3H3,(H,44,47)(H,45,48)/t38-,39+,40-/m0/s1. The lowest BCUT2D eigenvalue weighted by atomic mass is 9.81. The van der Waals surface area contributed by atoms with E-state index in [1.165, 1.54) is 12.1 Å². The fourth-order valence-corrected chi connectivity index (χ4v) is 7.23. The molecule has 57 heavy (non-hydrogen) atoms. The van der Waals surface area contributed by atoms with Crippen LogP contribution in [0.25, 0.3) is 0 Å². The summed E-state index contributed by atoms with van der Waals surface area (Å²) in [6.07, 6.45) is 2.32. The van der Waals surface area contributed by atoms with Crippen LogP contribution in [0.4, 0.5) is 0 Å². The summed E-state index contributed by atoms with van der Waals surface area (Å²) in [5.74, 6) is -1.42. The molecule has 2 bridgehead atoms. The minimum atomic E-state index is -3.83. The highest BCUT2D eigenvalue weighted by molar-refractivity contribution is 7.86. The SMILES string of the molecule is Cc1ccc(S(=O)(=O)OCCOCCOCCOCCCC(=O)[C@@H]2Cc3ccc(cc3)OCCC[C@H](C(=O)NOCc3ccccc3)[C@@H](CC(C)C)C(=O)N2)cc1. The second kappa shape index (κ2) is 24.6. The van der Waals surface area contributed by atoms with Gasteiger partial charge in [0.1, 0.15) is 5.75 Å². The predicted octanol–water partition coefficient (Wildman–Crippen LogP) is 5.53. The third-order valence-electron chi connectivity index (χ3n) is 9.37. The number of ketones is 1. The van der Waals surface area contributed by atoms with E-state index in [-0.39, 0.29) is 61.3 Å². The fourth-order valence-electron chi connectivity index (χ4n) is 6.33. The molecule has 0 unspecified atom stereocenters. The summed E-state index contributed by atoms with van der Waals surface area (Å²) in [5.41, 5.74) is 5.31. The number of fused-ring (bicyclic) bond motifs is 11. The number of rotatable bonds is 22. The number of carbonyl (C=O) groups excluding carboxylic acids is 3. The molecule has 0 fully saturated rings. The van der Waals surface area contributed by atoms with E-state index in [1.807, 2.05) is 75.4 Å². The second-order valence-corrected chi connectivity index (χ2v) is 16.1. The topological polar surface area (TPSA) is 165 Å². The van der Waals surface area contributed by atoms with Crippen molar-refractivity contribution in [3.63, 3.8) is 0 Å². The first-order valence-electron chi connectivity index (χ1n) is 19.7. The number of Topliss-reactive ketones (excluding diaryl/α,β-unsaturated/α-hetero) is 1.